The third-order valence-electron chi connectivity index (χ3n) is 3.60. The van der Waals surface area contributed by atoms with Crippen molar-refractivity contribution in [2.24, 2.45) is 0 Å². The van der Waals surface area contributed by atoms with E-state index in [1.165, 1.54) is 6.07 Å². The summed E-state index contributed by atoms with van der Waals surface area (Å²) in [6.07, 6.45) is 2.97. The van der Waals surface area contributed by atoms with Crippen molar-refractivity contribution in [3.63, 3.8) is 0 Å². The summed E-state index contributed by atoms with van der Waals surface area (Å²) < 4.78 is 0. The monoisotopic (exact) mass is 363 g/mol. The number of aromatic nitrogens is 3. The van der Waals surface area contributed by atoms with Crippen LogP contribution in [-0.4, -0.2) is 26.3 Å². The molecule has 0 unspecified atom stereocenters. The van der Waals surface area contributed by atoms with Gasteiger partial charge in [0.05, 0.1) is 5.69 Å². The van der Waals surface area contributed by atoms with Gasteiger partial charge in [0.25, 0.3) is 0 Å². The van der Waals surface area contributed by atoms with Gasteiger partial charge in [0.1, 0.15) is 5.69 Å². The first-order valence-electron chi connectivity index (χ1n) is 7.88. The Morgan fingerprint density at radius 3 is 2.38 bits per heavy atom. The van der Waals surface area contributed by atoms with Gasteiger partial charge < -0.3 is 5.11 Å². The van der Waals surface area contributed by atoms with Gasteiger partial charge in [-0.05, 0) is 41.8 Å². The molecule has 0 spiro atoms. The van der Waals surface area contributed by atoms with E-state index < -0.39 is 5.97 Å². The number of nitrogens with zero attached hydrogens (tertiary/aromatic N) is 3. The lowest BCUT2D eigenvalue weighted by molar-refractivity contribution is 0.0689. The average Bonchev–Trinajstić information content (AvgIpc) is 2.67. The van der Waals surface area contributed by atoms with Gasteiger partial charge in [0.2, 0.25) is 0 Å². The molecule has 5 nitrogen and oxygen atoms in total. The predicted molar refractivity (Wildman–Crippen MR) is 98.9 cm³/mol. The van der Waals surface area contributed by atoms with Crippen molar-refractivity contribution in [1.29, 1.82) is 0 Å². The molecule has 128 valence electrons. The SMILES string of the molecule is O=C(O)c1ccc(CCC#Cc2ccc(-c3ccc(Cl)cc3)cn2)nn1. The molecule has 0 atom stereocenters. The van der Waals surface area contributed by atoms with Crippen LogP contribution in [0.25, 0.3) is 11.1 Å². The molecule has 0 amide bonds. The molecule has 1 N–H and O–H groups in total. The van der Waals surface area contributed by atoms with Crippen LogP contribution < -0.4 is 0 Å². The fourth-order valence-electron chi connectivity index (χ4n) is 2.23. The minimum atomic E-state index is -1.09. The Labute approximate surface area is 155 Å². The summed E-state index contributed by atoms with van der Waals surface area (Å²) >= 11 is 5.89. The molecular weight excluding hydrogens is 350 g/mol. The Bertz CT molecular complexity index is 957. The topological polar surface area (TPSA) is 76.0 Å². The van der Waals surface area contributed by atoms with Crippen LogP contribution >= 0.6 is 11.6 Å². The van der Waals surface area contributed by atoms with Crippen LogP contribution in [0, 0.1) is 11.8 Å². The van der Waals surface area contributed by atoms with Crippen LogP contribution in [0.15, 0.2) is 54.7 Å². The van der Waals surface area contributed by atoms with Crippen LogP contribution in [0.5, 0.6) is 0 Å². The largest absolute Gasteiger partial charge is 0.476 e. The molecule has 0 fully saturated rings. The summed E-state index contributed by atoms with van der Waals surface area (Å²) in [7, 11) is 0. The molecule has 0 saturated heterocycles. The van der Waals surface area contributed by atoms with Gasteiger partial charge in [-0.3, -0.25) is 0 Å². The Hall–Kier alpha value is -3.23. The summed E-state index contributed by atoms with van der Waals surface area (Å²) in [5.74, 6) is 4.96. The second-order valence-corrected chi connectivity index (χ2v) is 5.89. The molecule has 3 rings (SSSR count). The number of benzene rings is 1. The molecule has 1 aromatic carbocycles. The second kappa shape index (κ2) is 8.24. The summed E-state index contributed by atoms with van der Waals surface area (Å²) in [4.78, 5) is 15.1. The van der Waals surface area contributed by atoms with E-state index in [2.05, 4.69) is 27.0 Å². The van der Waals surface area contributed by atoms with Gasteiger partial charge in [-0.1, -0.05) is 35.7 Å². The van der Waals surface area contributed by atoms with E-state index in [1.54, 1.807) is 12.3 Å². The number of hydrogen-bond donors (Lipinski definition) is 1. The van der Waals surface area contributed by atoms with E-state index >= 15 is 0 Å². The van der Waals surface area contributed by atoms with Crippen molar-refractivity contribution in [1.82, 2.24) is 15.2 Å². The second-order valence-electron chi connectivity index (χ2n) is 5.46. The minimum absolute atomic E-state index is 0.0650. The number of carbonyl (C=O) groups is 1. The van der Waals surface area contributed by atoms with Gasteiger partial charge in [0.15, 0.2) is 5.69 Å². The normalized spacial score (nSPS) is 10.0. The van der Waals surface area contributed by atoms with Gasteiger partial charge in [-0.2, -0.15) is 5.10 Å². The third kappa shape index (κ3) is 4.65. The summed E-state index contributed by atoms with van der Waals surface area (Å²) in [6.45, 7) is 0. The lowest BCUT2D eigenvalue weighted by Crippen LogP contribution is -2.03. The van der Waals surface area contributed by atoms with Crippen molar-refractivity contribution in [2.45, 2.75) is 12.8 Å². The number of hydrogen-bond acceptors (Lipinski definition) is 4. The molecule has 0 aliphatic carbocycles. The number of halogens is 1. The molecule has 0 saturated carbocycles. The van der Waals surface area contributed by atoms with E-state index in [0.717, 1.165) is 11.1 Å². The summed E-state index contributed by atoms with van der Waals surface area (Å²) in [5, 5.41) is 17.0. The van der Waals surface area contributed by atoms with E-state index in [-0.39, 0.29) is 5.69 Å². The maximum absolute atomic E-state index is 10.7. The Balaban J connectivity index is 1.58. The van der Waals surface area contributed by atoms with Crippen molar-refractivity contribution in [2.75, 3.05) is 0 Å². The minimum Gasteiger partial charge on any atom is -0.476 e. The average molecular weight is 364 g/mol. The number of carboxylic acids is 1. The molecule has 3 aromatic rings. The maximum atomic E-state index is 10.7. The molecule has 0 bridgehead atoms. The molecule has 26 heavy (non-hydrogen) atoms. The van der Waals surface area contributed by atoms with E-state index in [4.69, 9.17) is 16.7 Å². The fourth-order valence-corrected chi connectivity index (χ4v) is 2.36. The Morgan fingerprint density at radius 2 is 1.77 bits per heavy atom. The fraction of sp³-hybridized carbons (Fsp3) is 0.100. The smallest absolute Gasteiger partial charge is 0.356 e. The van der Waals surface area contributed by atoms with E-state index in [9.17, 15) is 4.79 Å². The standard InChI is InChI=1S/C20H14ClN3O2/c21-16-8-5-14(6-9-16)15-7-10-17(22-13-15)3-1-2-4-18-11-12-19(20(25)26)24-23-18/h5-13H,2,4H2,(H,25,26). The van der Waals surface area contributed by atoms with Gasteiger partial charge >= 0.3 is 5.97 Å². The van der Waals surface area contributed by atoms with Crippen molar-refractivity contribution >= 4 is 17.6 Å². The summed E-state index contributed by atoms with van der Waals surface area (Å²) in [5.41, 5.74) is 3.38. The first-order chi connectivity index (χ1) is 12.6. The molecular formula is C20H14ClN3O2. The zero-order chi connectivity index (χ0) is 18.4. The lowest BCUT2D eigenvalue weighted by atomic mass is 10.1. The molecule has 2 heterocycles. The zero-order valence-electron chi connectivity index (χ0n) is 13.7. The molecule has 6 heteroatoms. The Kier molecular flexibility index (Phi) is 5.57. The molecule has 2 aromatic heterocycles. The number of rotatable bonds is 4. The highest BCUT2D eigenvalue weighted by molar-refractivity contribution is 6.30. The number of pyridine rings is 1. The number of aryl methyl sites for hydroxylation is 1. The quantitative estimate of drug-likeness (QED) is 0.712. The van der Waals surface area contributed by atoms with E-state index in [0.29, 0.717) is 29.3 Å². The van der Waals surface area contributed by atoms with Crippen LogP contribution in [0.1, 0.15) is 28.3 Å². The van der Waals surface area contributed by atoms with Gasteiger partial charge in [-0.15, -0.1) is 5.10 Å². The van der Waals surface area contributed by atoms with Crippen molar-refractivity contribution in [3.05, 3.63) is 76.8 Å². The first kappa shape index (κ1) is 17.6. The maximum Gasteiger partial charge on any atom is 0.356 e. The molecule has 0 aliphatic heterocycles. The summed E-state index contributed by atoms with van der Waals surface area (Å²) in [6, 6.07) is 14.5. The predicted octanol–water partition coefficient (Wildman–Crippen LogP) is 3.87. The Morgan fingerprint density at radius 1 is 1.00 bits per heavy atom. The molecule has 0 radical (unpaired) electrons. The van der Waals surface area contributed by atoms with E-state index in [1.807, 2.05) is 36.4 Å². The van der Waals surface area contributed by atoms with Crippen LogP contribution in [0.3, 0.4) is 0 Å². The van der Waals surface area contributed by atoms with Crippen LogP contribution in [-0.2, 0) is 6.42 Å². The highest BCUT2D eigenvalue weighted by atomic mass is 35.5. The van der Waals surface area contributed by atoms with Crippen LogP contribution in [0.2, 0.25) is 5.02 Å². The number of aromatic carboxylic acids is 1. The van der Waals surface area contributed by atoms with Crippen molar-refractivity contribution in [3.8, 4) is 23.0 Å². The van der Waals surface area contributed by atoms with Gasteiger partial charge in [-0.25, -0.2) is 9.78 Å². The highest BCUT2D eigenvalue weighted by Crippen LogP contribution is 2.20. The first-order valence-corrected chi connectivity index (χ1v) is 8.26. The highest BCUT2D eigenvalue weighted by Gasteiger charge is 2.04. The van der Waals surface area contributed by atoms with Crippen LogP contribution in [0.4, 0.5) is 0 Å². The number of carboxylic acid groups (broad SMARTS) is 1. The zero-order valence-corrected chi connectivity index (χ0v) is 14.4. The lowest BCUT2D eigenvalue weighted by Gasteiger charge is -2.01. The van der Waals surface area contributed by atoms with Gasteiger partial charge in [0, 0.05) is 29.6 Å². The van der Waals surface area contributed by atoms with Crippen molar-refractivity contribution < 1.29 is 9.90 Å². The third-order valence-corrected chi connectivity index (χ3v) is 3.85. The molecule has 0 aliphatic rings.